The van der Waals surface area contributed by atoms with Crippen LogP contribution in [0.25, 0.3) is 0 Å². The fourth-order valence-corrected chi connectivity index (χ4v) is 2.24. The number of likely N-dealkylation sites (N-methyl/N-ethyl adjacent to an activating group) is 1. The highest BCUT2D eigenvalue weighted by Gasteiger charge is 2.03. The van der Waals surface area contributed by atoms with Crippen LogP contribution in [0.2, 0.25) is 0 Å². The highest BCUT2D eigenvalue weighted by molar-refractivity contribution is 5.76. The summed E-state index contributed by atoms with van der Waals surface area (Å²) in [5.41, 5.74) is 1.14. The SMILES string of the molecule is CCN(CC)CCOCCNC(=O)CCc1ccc(OC)cc1. The van der Waals surface area contributed by atoms with E-state index in [2.05, 4.69) is 24.1 Å². The molecule has 0 aromatic heterocycles. The maximum absolute atomic E-state index is 11.8. The first-order valence-corrected chi connectivity index (χ1v) is 8.39. The molecule has 0 unspecified atom stereocenters. The average Bonchev–Trinajstić information content (AvgIpc) is 2.60. The van der Waals surface area contributed by atoms with Gasteiger partial charge in [-0.1, -0.05) is 26.0 Å². The smallest absolute Gasteiger partial charge is 0.220 e. The van der Waals surface area contributed by atoms with Crippen LogP contribution in [0.4, 0.5) is 0 Å². The molecule has 0 radical (unpaired) electrons. The van der Waals surface area contributed by atoms with Gasteiger partial charge < -0.3 is 19.7 Å². The van der Waals surface area contributed by atoms with Gasteiger partial charge in [0.15, 0.2) is 0 Å². The van der Waals surface area contributed by atoms with Crippen molar-refractivity contribution < 1.29 is 14.3 Å². The largest absolute Gasteiger partial charge is 0.497 e. The third-order valence-corrected chi connectivity index (χ3v) is 3.81. The van der Waals surface area contributed by atoms with E-state index in [1.807, 2.05) is 24.3 Å². The van der Waals surface area contributed by atoms with Crippen LogP contribution in [0.1, 0.15) is 25.8 Å². The molecule has 0 saturated carbocycles. The lowest BCUT2D eigenvalue weighted by Crippen LogP contribution is -2.30. The van der Waals surface area contributed by atoms with Gasteiger partial charge in [0, 0.05) is 19.5 Å². The summed E-state index contributed by atoms with van der Waals surface area (Å²) in [5.74, 6) is 0.897. The number of nitrogens with one attached hydrogen (secondary N) is 1. The van der Waals surface area contributed by atoms with Gasteiger partial charge in [0.25, 0.3) is 0 Å². The summed E-state index contributed by atoms with van der Waals surface area (Å²) in [7, 11) is 1.65. The van der Waals surface area contributed by atoms with Crippen LogP contribution in [0.3, 0.4) is 0 Å². The van der Waals surface area contributed by atoms with E-state index in [4.69, 9.17) is 9.47 Å². The molecule has 0 bridgehead atoms. The van der Waals surface area contributed by atoms with Crippen LogP contribution >= 0.6 is 0 Å². The van der Waals surface area contributed by atoms with E-state index in [0.29, 0.717) is 26.2 Å². The number of rotatable bonds is 12. The monoisotopic (exact) mass is 322 g/mol. The summed E-state index contributed by atoms with van der Waals surface area (Å²) in [6, 6.07) is 7.80. The van der Waals surface area contributed by atoms with Crippen LogP contribution in [-0.4, -0.2) is 57.3 Å². The normalized spacial score (nSPS) is 10.8. The molecule has 0 saturated heterocycles. The van der Waals surface area contributed by atoms with Crippen molar-refractivity contribution in [1.82, 2.24) is 10.2 Å². The minimum atomic E-state index is 0.0631. The number of ether oxygens (including phenoxy) is 2. The molecule has 0 aliphatic rings. The molecule has 5 nitrogen and oxygen atoms in total. The van der Waals surface area contributed by atoms with Gasteiger partial charge in [-0.3, -0.25) is 4.79 Å². The summed E-state index contributed by atoms with van der Waals surface area (Å²) in [5, 5.41) is 2.89. The zero-order valence-corrected chi connectivity index (χ0v) is 14.6. The Morgan fingerprint density at radius 2 is 1.83 bits per heavy atom. The number of carbonyl (C=O) groups is 1. The van der Waals surface area contributed by atoms with Gasteiger partial charge >= 0.3 is 0 Å². The van der Waals surface area contributed by atoms with E-state index in [1.165, 1.54) is 0 Å². The van der Waals surface area contributed by atoms with Gasteiger partial charge in [-0.15, -0.1) is 0 Å². The number of carbonyl (C=O) groups excluding carboxylic acids is 1. The van der Waals surface area contributed by atoms with E-state index in [-0.39, 0.29) is 5.91 Å². The summed E-state index contributed by atoms with van der Waals surface area (Å²) in [4.78, 5) is 14.1. The zero-order valence-electron chi connectivity index (χ0n) is 14.6. The lowest BCUT2D eigenvalue weighted by atomic mass is 10.1. The molecule has 1 N–H and O–H groups in total. The first-order chi connectivity index (χ1) is 11.2. The van der Waals surface area contributed by atoms with Crippen LogP contribution < -0.4 is 10.1 Å². The van der Waals surface area contributed by atoms with Gasteiger partial charge in [-0.2, -0.15) is 0 Å². The Labute approximate surface area is 140 Å². The van der Waals surface area contributed by atoms with Gasteiger partial charge in [0.2, 0.25) is 5.91 Å². The Kier molecular flexibility index (Phi) is 10.1. The molecule has 0 atom stereocenters. The van der Waals surface area contributed by atoms with Crippen molar-refractivity contribution in [1.29, 1.82) is 0 Å². The van der Waals surface area contributed by atoms with E-state index in [9.17, 15) is 4.79 Å². The van der Waals surface area contributed by atoms with Gasteiger partial charge in [-0.05, 0) is 37.2 Å². The Balaban J connectivity index is 2.05. The van der Waals surface area contributed by atoms with Crippen LogP contribution in [-0.2, 0) is 16.0 Å². The number of amides is 1. The number of methoxy groups -OCH3 is 1. The first kappa shape index (κ1) is 19.5. The van der Waals surface area contributed by atoms with Crippen molar-refractivity contribution in [2.75, 3.05) is 46.5 Å². The van der Waals surface area contributed by atoms with E-state index in [0.717, 1.165) is 37.4 Å². The summed E-state index contributed by atoms with van der Waals surface area (Å²) >= 11 is 0. The molecule has 0 aliphatic carbocycles. The lowest BCUT2D eigenvalue weighted by molar-refractivity contribution is -0.121. The quantitative estimate of drug-likeness (QED) is 0.599. The number of aryl methyl sites for hydroxylation is 1. The molecule has 1 aromatic rings. The molecular formula is C18H30N2O3. The van der Waals surface area contributed by atoms with Crippen LogP contribution in [0.5, 0.6) is 5.75 Å². The fourth-order valence-electron chi connectivity index (χ4n) is 2.24. The summed E-state index contributed by atoms with van der Waals surface area (Å²) in [6.45, 7) is 9.17. The molecule has 23 heavy (non-hydrogen) atoms. The molecular weight excluding hydrogens is 292 g/mol. The molecule has 1 amide bonds. The van der Waals surface area contributed by atoms with E-state index in [1.54, 1.807) is 7.11 Å². The fraction of sp³-hybridized carbons (Fsp3) is 0.611. The summed E-state index contributed by atoms with van der Waals surface area (Å²) in [6.07, 6.45) is 1.23. The Morgan fingerprint density at radius 1 is 1.13 bits per heavy atom. The Bertz CT molecular complexity index is 430. The summed E-state index contributed by atoms with van der Waals surface area (Å²) < 4.78 is 10.6. The van der Waals surface area contributed by atoms with Crippen molar-refractivity contribution in [3.63, 3.8) is 0 Å². The minimum Gasteiger partial charge on any atom is -0.497 e. The Hall–Kier alpha value is -1.59. The average molecular weight is 322 g/mol. The van der Waals surface area contributed by atoms with Gasteiger partial charge in [0.05, 0.1) is 20.3 Å². The van der Waals surface area contributed by atoms with Crippen molar-refractivity contribution in [2.45, 2.75) is 26.7 Å². The molecule has 1 aromatic carbocycles. The topological polar surface area (TPSA) is 50.8 Å². The van der Waals surface area contributed by atoms with Crippen molar-refractivity contribution in [3.8, 4) is 5.75 Å². The molecule has 0 fully saturated rings. The van der Waals surface area contributed by atoms with E-state index >= 15 is 0 Å². The second-order valence-corrected chi connectivity index (χ2v) is 5.34. The van der Waals surface area contributed by atoms with Crippen molar-refractivity contribution >= 4 is 5.91 Å². The maximum Gasteiger partial charge on any atom is 0.220 e. The number of hydrogen-bond acceptors (Lipinski definition) is 4. The molecule has 130 valence electrons. The van der Waals surface area contributed by atoms with Gasteiger partial charge in [0.1, 0.15) is 5.75 Å². The number of nitrogens with zero attached hydrogens (tertiary/aromatic N) is 1. The molecule has 5 heteroatoms. The van der Waals surface area contributed by atoms with Crippen LogP contribution in [0, 0.1) is 0 Å². The highest BCUT2D eigenvalue weighted by atomic mass is 16.5. The molecule has 1 rings (SSSR count). The van der Waals surface area contributed by atoms with Gasteiger partial charge in [-0.25, -0.2) is 0 Å². The minimum absolute atomic E-state index is 0.0631. The molecule has 0 aliphatic heterocycles. The first-order valence-electron chi connectivity index (χ1n) is 8.39. The van der Waals surface area contributed by atoms with Crippen molar-refractivity contribution in [3.05, 3.63) is 29.8 Å². The standard InChI is InChI=1S/C18H30N2O3/c1-4-20(5-2)13-15-23-14-12-19-18(21)11-8-16-6-9-17(22-3)10-7-16/h6-7,9-10H,4-5,8,11-15H2,1-3H3,(H,19,21). The van der Waals surface area contributed by atoms with Crippen LogP contribution in [0.15, 0.2) is 24.3 Å². The third-order valence-electron chi connectivity index (χ3n) is 3.81. The second-order valence-electron chi connectivity index (χ2n) is 5.34. The number of hydrogen-bond donors (Lipinski definition) is 1. The highest BCUT2D eigenvalue weighted by Crippen LogP contribution is 2.12. The molecule has 0 heterocycles. The number of benzene rings is 1. The second kappa shape index (κ2) is 11.9. The zero-order chi connectivity index (χ0) is 16.9. The lowest BCUT2D eigenvalue weighted by Gasteiger charge is -2.17. The Morgan fingerprint density at radius 3 is 2.43 bits per heavy atom. The third kappa shape index (κ3) is 8.57. The maximum atomic E-state index is 11.8. The molecule has 0 spiro atoms. The predicted molar refractivity (Wildman–Crippen MR) is 92.9 cm³/mol. The van der Waals surface area contributed by atoms with Crippen molar-refractivity contribution in [2.24, 2.45) is 0 Å². The predicted octanol–water partition coefficient (Wildman–Crippen LogP) is 2.10. The van der Waals surface area contributed by atoms with E-state index < -0.39 is 0 Å².